The van der Waals surface area contributed by atoms with Gasteiger partial charge in [-0.2, -0.15) is 10.2 Å². The molecule has 1 unspecified atom stereocenters. The summed E-state index contributed by atoms with van der Waals surface area (Å²) < 4.78 is 0. The van der Waals surface area contributed by atoms with Crippen LogP contribution >= 0.6 is 0 Å². The van der Waals surface area contributed by atoms with Gasteiger partial charge in [0.2, 0.25) is 0 Å². The lowest BCUT2D eigenvalue weighted by atomic mass is 9.94. The fraction of sp³-hybridized carbons (Fsp3) is 0.600. The fourth-order valence-electron chi connectivity index (χ4n) is 2.60. The maximum Gasteiger partial charge on any atom is 0.0679 e. The average molecular weight is 245 g/mol. The summed E-state index contributed by atoms with van der Waals surface area (Å²) in [5, 5.41) is 8.41. The first kappa shape index (κ1) is 13.2. The van der Waals surface area contributed by atoms with Crippen molar-refractivity contribution in [2.75, 3.05) is 0 Å². The van der Waals surface area contributed by atoms with Crippen LogP contribution in [0.1, 0.15) is 62.0 Å². The minimum atomic E-state index is 0.00671. The van der Waals surface area contributed by atoms with Crippen molar-refractivity contribution in [3.05, 3.63) is 34.7 Å². The van der Waals surface area contributed by atoms with E-state index in [9.17, 15) is 0 Å². The molecule has 1 heterocycles. The normalized spacial score (nSPS) is 18.1. The Hall–Kier alpha value is -1.22. The largest absolute Gasteiger partial charge is 0.320 e. The monoisotopic (exact) mass is 245 g/mol. The Morgan fingerprint density at radius 2 is 2.11 bits per heavy atom. The molecule has 2 N–H and O–H groups in total. The standard InChI is InChI=1S/C15H23N3/c1-3-14-13(10-11(2)17-18-14)15(16)12-8-6-4-5-7-9-12/h8,10,15H,3-7,9,16H2,1-2H3. The van der Waals surface area contributed by atoms with Crippen LogP contribution < -0.4 is 5.73 Å². The predicted octanol–water partition coefficient (Wildman–Crippen LogP) is 3.24. The molecule has 1 aromatic rings. The van der Waals surface area contributed by atoms with Crippen molar-refractivity contribution in [3.63, 3.8) is 0 Å². The number of aromatic nitrogens is 2. The molecule has 1 aliphatic carbocycles. The van der Waals surface area contributed by atoms with E-state index in [0.717, 1.165) is 29.8 Å². The molecule has 1 aromatic heterocycles. The van der Waals surface area contributed by atoms with Crippen LogP contribution in [0.3, 0.4) is 0 Å². The average Bonchev–Trinajstić information content (AvgIpc) is 2.66. The number of allylic oxidation sites excluding steroid dienone is 1. The lowest BCUT2D eigenvalue weighted by molar-refractivity contribution is 0.681. The minimum absolute atomic E-state index is 0.00671. The number of aryl methyl sites for hydroxylation is 2. The molecule has 0 bridgehead atoms. The van der Waals surface area contributed by atoms with Gasteiger partial charge in [0.1, 0.15) is 0 Å². The summed E-state index contributed by atoms with van der Waals surface area (Å²) in [5.41, 5.74) is 11.0. The summed E-state index contributed by atoms with van der Waals surface area (Å²) in [7, 11) is 0. The topological polar surface area (TPSA) is 51.8 Å². The third kappa shape index (κ3) is 2.96. The van der Waals surface area contributed by atoms with Gasteiger partial charge in [0, 0.05) is 0 Å². The van der Waals surface area contributed by atoms with E-state index < -0.39 is 0 Å². The first-order valence-electron chi connectivity index (χ1n) is 7.00. The van der Waals surface area contributed by atoms with Gasteiger partial charge in [0.25, 0.3) is 0 Å². The quantitative estimate of drug-likeness (QED) is 0.832. The van der Waals surface area contributed by atoms with Gasteiger partial charge in [-0.05, 0) is 50.7 Å². The number of hydrogen-bond donors (Lipinski definition) is 1. The van der Waals surface area contributed by atoms with Crippen LogP contribution in [0.2, 0.25) is 0 Å². The highest BCUT2D eigenvalue weighted by Gasteiger charge is 2.17. The van der Waals surface area contributed by atoms with E-state index >= 15 is 0 Å². The van der Waals surface area contributed by atoms with Crippen molar-refractivity contribution in [1.82, 2.24) is 10.2 Å². The Bertz CT molecular complexity index is 437. The predicted molar refractivity (Wildman–Crippen MR) is 74.2 cm³/mol. The zero-order valence-electron chi connectivity index (χ0n) is 11.4. The summed E-state index contributed by atoms with van der Waals surface area (Å²) in [6.45, 7) is 4.08. The highest BCUT2D eigenvalue weighted by molar-refractivity contribution is 5.32. The molecule has 0 aromatic carbocycles. The minimum Gasteiger partial charge on any atom is -0.320 e. The maximum atomic E-state index is 6.45. The summed E-state index contributed by atoms with van der Waals surface area (Å²) in [4.78, 5) is 0. The van der Waals surface area contributed by atoms with Crippen molar-refractivity contribution in [1.29, 1.82) is 0 Å². The van der Waals surface area contributed by atoms with Crippen molar-refractivity contribution in [2.45, 2.75) is 58.4 Å². The molecule has 0 fully saturated rings. The zero-order chi connectivity index (χ0) is 13.0. The molecule has 1 atom stereocenters. The van der Waals surface area contributed by atoms with E-state index in [2.05, 4.69) is 29.3 Å². The number of nitrogens with zero attached hydrogens (tertiary/aromatic N) is 2. The number of nitrogens with two attached hydrogens (primary N) is 1. The Labute approximate surface area is 109 Å². The molecular formula is C15H23N3. The Morgan fingerprint density at radius 3 is 2.89 bits per heavy atom. The van der Waals surface area contributed by atoms with Crippen molar-refractivity contribution in [2.24, 2.45) is 5.73 Å². The fourth-order valence-corrected chi connectivity index (χ4v) is 2.60. The van der Waals surface area contributed by atoms with E-state index in [1.54, 1.807) is 0 Å². The van der Waals surface area contributed by atoms with Gasteiger partial charge in [-0.1, -0.05) is 25.0 Å². The van der Waals surface area contributed by atoms with Crippen LogP contribution in [0, 0.1) is 6.92 Å². The summed E-state index contributed by atoms with van der Waals surface area (Å²) in [6.07, 6.45) is 9.41. The summed E-state index contributed by atoms with van der Waals surface area (Å²) >= 11 is 0. The second-order valence-electron chi connectivity index (χ2n) is 5.10. The van der Waals surface area contributed by atoms with Gasteiger partial charge >= 0.3 is 0 Å². The van der Waals surface area contributed by atoms with Gasteiger partial charge in [0.15, 0.2) is 0 Å². The third-order valence-corrected chi connectivity index (χ3v) is 3.67. The highest BCUT2D eigenvalue weighted by atomic mass is 15.1. The second-order valence-corrected chi connectivity index (χ2v) is 5.10. The zero-order valence-corrected chi connectivity index (χ0v) is 11.4. The first-order valence-corrected chi connectivity index (χ1v) is 7.00. The van der Waals surface area contributed by atoms with Crippen molar-refractivity contribution in [3.8, 4) is 0 Å². The van der Waals surface area contributed by atoms with Crippen LogP contribution in [0.25, 0.3) is 0 Å². The molecule has 0 amide bonds. The maximum absolute atomic E-state index is 6.45. The molecule has 2 rings (SSSR count). The van der Waals surface area contributed by atoms with Gasteiger partial charge in [-0.25, -0.2) is 0 Å². The lowest BCUT2D eigenvalue weighted by Crippen LogP contribution is -2.17. The van der Waals surface area contributed by atoms with E-state index in [1.807, 2.05) is 6.92 Å². The Kier molecular flexibility index (Phi) is 4.48. The first-order chi connectivity index (χ1) is 8.72. The van der Waals surface area contributed by atoms with Crippen molar-refractivity contribution >= 4 is 0 Å². The number of hydrogen-bond acceptors (Lipinski definition) is 3. The van der Waals surface area contributed by atoms with E-state index in [0.29, 0.717) is 0 Å². The van der Waals surface area contributed by atoms with Gasteiger partial charge in [0.05, 0.1) is 17.4 Å². The molecule has 1 aliphatic rings. The van der Waals surface area contributed by atoms with Crippen LogP contribution in [-0.2, 0) is 6.42 Å². The second kappa shape index (κ2) is 6.10. The molecule has 18 heavy (non-hydrogen) atoms. The van der Waals surface area contributed by atoms with Gasteiger partial charge in [-0.3, -0.25) is 0 Å². The van der Waals surface area contributed by atoms with E-state index in [1.165, 1.54) is 31.3 Å². The molecular weight excluding hydrogens is 222 g/mol. The van der Waals surface area contributed by atoms with Crippen LogP contribution in [0.5, 0.6) is 0 Å². The molecule has 0 saturated carbocycles. The summed E-state index contributed by atoms with van der Waals surface area (Å²) in [6, 6.07) is 2.11. The van der Waals surface area contributed by atoms with E-state index in [-0.39, 0.29) is 6.04 Å². The van der Waals surface area contributed by atoms with E-state index in [4.69, 9.17) is 5.73 Å². The van der Waals surface area contributed by atoms with Gasteiger partial charge in [-0.15, -0.1) is 0 Å². The Morgan fingerprint density at radius 1 is 1.28 bits per heavy atom. The van der Waals surface area contributed by atoms with Gasteiger partial charge < -0.3 is 5.73 Å². The molecule has 0 saturated heterocycles. The molecule has 98 valence electrons. The molecule has 3 heteroatoms. The third-order valence-electron chi connectivity index (χ3n) is 3.67. The lowest BCUT2D eigenvalue weighted by Gasteiger charge is -2.18. The highest BCUT2D eigenvalue weighted by Crippen LogP contribution is 2.28. The SMILES string of the molecule is CCc1nnc(C)cc1C(N)C1=CCCCCC1. The summed E-state index contributed by atoms with van der Waals surface area (Å²) in [5.74, 6) is 0. The molecule has 0 aliphatic heterocycles. The molecule has 3 nitrogen and oxygen atoms in total. The van der Waals surface area contributed by atoms with Crippen molar-refractivity contribution < 1.29 is 0 Å². The van der Waals surface area contributed by atoms with Crippen LogP contribution in [-0.4, -0.2) is 10.2 Å². The number of rotatable bonds is 3. The molecule has 0 spiro atoms. The van der Waals surface area contributed by atoms with Crippen LogP contribution in [0.4, 0.5) is 0 Å². The smallest absolute Gasteiger partial charge is 0.0679 e. The van der Waals surface area contributed by atoms with Crippen LogP contribution in [0.15, 0.2) is 17.7 Å². The molecule has 0 radical (unpaired) electrons. The Balaban J connectivity index is 2.29.